The lowest BCUT2D eigenvalue weighted by molar-refractivity contribution is -0.0507. The van der Waals surface area contributed by atoms with E-state index in [1.165, 1.54) is 6.42 Å². The molecule has 0 aromatic carbocycles. The second kappa shape index (κ2) is 4.07. The molecule has 66 valence electrons. The van der Waals surface area contributed by atoms with Crippen LogP contribution in [0.15, 0.2) is 0 Å². The summed E-state index contributed by atoms with van der Waals surface area (Å²) in [5.41, 5.74) is 0. The molecule has 0 aliphatic heterocycles. The van der Waals surface area contributed by atoms with Crippen LogP contribution in [0, 0.1) is 5.92 Å². The highest BCUT2D eigenvalue weighted by Gasteiger charge is 2.27. The zero-order valence-corrected chi connectivity index (χ0v) is 7.42. The lowest BCUT2D eigenvalue weighted by Gasteiger charge is -2.31. The summed E-state index contributed by atoms with van der Waals surface area (Å²) < 4.78 is 5.19. The molecule has 1 fully saturated rings. The normalized spacial score (nSPS) is 39.0. The monoisotopic (exact) mass is 158 g/mol. The maximum absolute atomic E-state index is 9.46. The molecule has 0 saturated heterocycles. The van der Waals surface area contributed by atoms with Gasteiger partial charge in [0.1, 0.15) is 0 Å². The summed E-state index contributed by atoms with van der Waals surface area (Å²) in [7, 11) is 1.69. The molecule has 3 atom stereocenters. The minimum absolute atomic E-state index is 0.0914. The van der Waals surface area contributed by atoms with Crippen LogP contribution in [0.5, 0.6) is 0 Å². The molecule has 1 aliphatic carbocycles. The summed E-state index contributed by atoms with van der Waals surface area (Å²) in [6, 6.07) is 0. The van der Waals surface area contributed by atoms with Crippen molar-refractivity contribution in [2.45, 2.75) is 44.8 Å². The Bertz CT molecular complexity index is 114. The van der Waals surface area contributed by atoms with E-state index in [9.17, 15) is 5.11 Å². The molecule has 0 heterocycles. The van der Waals surface area contributed by atoms with Crippen molar-refractivity contribution in [2.75, 3.05) is 7.11 Å². The molecule has 0 radical (unpaired) electrons. The fraction of sp³-hybridized carbons (Fsp3) is 1.00. The lowest BCUT2D eigenvalue weighted by Crippen LogP contribution is -2.34. The average Bonchev–Trinajstić information content (AvgIpc) is 2.05. The summed E-state index contributed by atoms with van der Waals surface area (Å²) in [4.78, 5) is 0. The maximum Gasteiger partial charge on any atom is 0.0832 e. The topological polar surface area (TPSA) is 29.5 Å². The number of ether oxygens (including phenoxy) is 1. The molecular formula is C9H18O2. The van der Waals surface area contributed by atoms with Crippen LogP contribution in [-0.2, 0) is 4.74 Å². The van der Waals surface area contributed by atoms with Gasteiger partial charge < -0.3 is 9.84 Å². The van der Waals surface area contributed by atoms with Gasteiger partial charge in [0.15, 0.2) is 0 Å². The summed E-state index contributed by atoms with van der Waals surface area (Å²) in [6.07, 6.45) is 4.20. The van der Waals surface area contributed by atoms with Gasteiger partial charge in [-0.25, -0.2) is 0 Å². The first kappa shape index (κ1) is 9.01. The van der Waals surface area contributed by atoms with Crippen molar-refractivity contribution in [1.29, 1.82) is 0 Å². The van der Waals surface area contributed by atoms with Gasteiger partial charge in [-0.15, -0.1) is 0 Å². The SMILES string of the molecule is CC[C@H]1CC[C@@H](O)[C@H](OC)C1. The van der Waals surface area contributed by atoms with Gasteiger partial charge in [0.25, 0.3) is 0 Å². The van der Waals surface area contributed by atoms with E-state index in [1.807, 2.05) is 0 Å². The van der Waals surface area contributed by atoms with Crippen LogP contribution in [0.2, 0.25) is 0 Å². The van der Waals surface area contributed by atoms with E-state index < -0.39 is 0 Å². The number of aliphatic hydroxyl groups excluding tert-OH is 1. The predicted octanol–water partition coefficient (Wildman–Crippen LogP) is 1.57. The Morgan fingerprint density at radius 2 is 2.18 bits per heavy atom. The van der Waals surface area contributed by atoms with E-state index in [0.29, 0.717) is 0 Å². The minimum Gasteiger partial charge on any atom is -0.390 e. The standard InChI is InChI=1S/C9H18O2/c1-3-7-4-5-8(10)9(6-7)11-2/h7-10H,3-6H2,1-2H3/t7-,8+,9+/m0/s1. The predicted molar refractivity (Wildman–Crippen MR) is 44.4 cm³/mol. The maximum atomic E-state index is 9.46. The first-order valence-corrected chi connectivity index (χ1v) is 4.48. The molecule has 1 N–H and O–H groups in total. The van der Waals surface area contributed by atoms with E-state index in [0.717, 1.165) is 25.2 Å². The first-order chi connectivity index (χ1) is 5.27. The van der Waals surface area contributed by atoms with E-state index in [-0.39, 0.29) is 12.2 Å². The number of aliphatic hydroxyl groups is 1. The lowest BCUT2D eigenvalue weighted by atomic mass is 9.84. The van der Waals surface area contributed by atoms with E-state index >= 15 is 0 Å². The third-order valence-electron chi connectivity index (χ3n) is 2.75. The molecule has 0 aromatic rings. The second-order valence-electron chi connectivity index (χ2n) is 3.43. The van der Waals surface area contributed by atoms with Crippen LogP contribution in [0.25, 0.3) is 0 Å². The van der Waals surface area contributed by atoms with E-state index in [1.54, 1.807) is 7.11 Å². The average molecular weight is 158 g/mol. The minimum atomic E-state index is -0.220. The molecule has 2 heteroatoms. The zero-order valence-electron chi connectivity index (χ0n) is 7.42. The Morgan fingerprint density at radius 3 is 2.73 bits per heavy atom. The van der Waals surface area contributed by atoms with Crippen LogP contribution in [0.1, 0.15) is 32.6 Å². The van der Waals surface area contributed by atoms with Crippen molar-refractivity contribution in [3.8, 4) is 0 Å². The van der Waals surface area contributed by atoms with Crippen LogP contribution in [-0.4, -0.2) is 24.4 Å². The highest BCUT2D eigenvalue weighted by molar-refractivity contribution is 4.79. The molecular weight excluding hydrogens is 140 g/mol. The van der Waals surface area contributed by atoms with Crippen molar-refractivity contribution in [3.63, 3.8) is 0 Å². The number of methoxy groups -OCH3 is 1. The van der Waals surface area contributed by atoms with Crippen molar-refractivity contribution in [2.24, 2.45) is 5.92 Å². The summed E-state index contributed by atoms with van der Waals surface area (Å²) in [5.74, 6) is 0.767. The molecule has 1 saturated carbocycles. The zero-order chi connectivity index (χ0) is 8.27. The Hall–Kier alpha value is -0.0800. The molecule has 1 rings (SSSR count). The molecule has 0 aromatic heterocycles. The van der Waals surface area contributed by atoms with Gasteiger partial charge in [0.2, 0.25) is 0 Å². The Kier molecular flexibility index (Phi) is 3.34. The third kappa shape index (κ3) is 2.17. The largest absolute Gasteiger partial charge is 0.390 e. The van der Waals surface area contributed by atoms with Crippen LogP contribution in [0.4, 0.5) is 0 Å². The first-order valence-electron chi connectivity index (χ1n) is 4.48. The van der Waals surface area contributed by atoms with Crippen molar-refractivity contribution in [1.82, 2.24) is 0 Å². The van der Waals surface area contributed by atoms with Crippen LogP contribution >= 0.6 is 0 Å². The van der Waals surface area contributed by atoms with Crippen molar-refractivity contribution < 1.29 is 9.84 Å². The summed E-state index contributed by atoms with van der Waals surface area (Å²) in [5, 5.41) is 9.46. The van der Waals surface area contributed by atoms with Gasteiger partial charge in [-0.2, -0.15) is 0 Å². The van der Waals surface area contributed by atoms with E-state index in [2.05, 4.69) is 6.92 Å². The quantitative estimate of drug-likeness (QED) is 0.661. The van der Waals surface area contributed by atoms with Crippen molar-refractivity contribution in [3.05, 3.63) is 0 Å². The molecule has 0 amide bonds. The highest BCUT2D eigenvalue weighted by atomic mass is 16.5. The summed E-state index contributed by atoms with van der Waals surface area (Å²) in [6.45, 7) is 2.20. The fourth-order valence-electron chi connectivity index (χ4n) is 1.82. The molecule has 1 aliphatic rings. The Balaban J connectivity index is 2.37. The molecule has 0 bridgehead atoms. The summed E-state index contributed by atoms with van der Waals surface area (Å²) >= 11 is 0. The van der Waals surface area contributed by atoms with Gasteiger partial charge in [0.05, 0.1) is 12.2 Å². The Labute approximate surface area is 68.6 Å². The molecule has 2 nitrogen and oxygen atoms in total. The fourth-order valence-corrected chi connectivity index (χ4v) is 1.82. The van der Waals surface area contributed by atoms with E-state index in [4.69, 9.17) is 4.74 Å². The van der Waals surface area contributed by atoms with Gasteiger partial charge >= 0.3 is 0 Å². The second-order valence-corrected chi connectivity index (χ2v) is 3.43. The molecule has 0 unspecified atom stereocenters. The van der Waals surface area contributed by atoms with Gasteiger partial charge in [-0.1, -0.05) is 13.3 Å². The van der Waals surface area contributed by atoms with Crippen LogP contribution in [0.3, 0.4) is 0 Å². The van der Waals surface area contributed by atoms with Gasteiger partial charge in [-0.05, 0) is 25.2 Å². The molecule has 11 heavy (non-hydrogen) atoms. The number of rotatable bonds is 2. The Morgan fingerprint density at radius 1 is 1.45 bits per heavy atom. The number of hydrogen-bond acceptors (Lipinski definition) is 2. The smallest absolute Gasteiger partial charge is 0.0832 e. The highest BCUT2D eigenvalue weighted by Crippen LogP contribution is 2.28. The third-order valence-corrected chi connectivity index (χ3v) is 2.75. The number of hydrogen-bond donors (Lipinski definition) is 1. The van der Waals surface area contributed by atoms with Crippen molar-refractivity contribution >= 4 is 0 Å². The van der Waals surface area contributed by atoms with Gasteiger partial charge in [0, 0.05) is 7.11 Å². The van der Waals surface area contributed by atoms with Crippen LogP contribution < -0.4 is 0 Å². The molecule has 0 spiro atoms. The van der Waals surface area contributed by atoms with Gasteiger partial charge in [-0.3, -0.25) is 0 Å².